The molecule has 5 nitrogen and oxygen atoms in total. The molecule has 1 N–H and O–H groups in total. The van der Waals surface area contributed by atoms with Gasteiger partial charge < -0.3 is 4.98 Å². The molecule has 1 aliphatic rings. The van der Waals surface area contributed by atoms with Gasteiger partial charge in [0, 0.05) is 36.9 Å². The van der Waals surface area contributed by atoms with Crippen LogP contribution in [0.15, 0.2) is 28.0 Å². The minimum atomic E-state index is -3.43. The van der Waals surface area contributed by atoms with Gasteiger partial charge in [0.2, 0.25) is 15.6 Å². The summed E-state index contributed by atoms with van der Waals surface area (Å²) in [7, 11) is -3.43. The molecule has 7 heteroatoms. The summed E-state index contributed by atoms with van der Waals surface area (Å²) < 4.78 is 25.6. The van der Waals surface area contributed by atoms with E-state index in [9.17, 15) is 13.2 Å². The van der Waals surface area contributed by atoms with E-state index in [1.807, 2.05) is 0 Å². The zero-order valence-corrected chi connectivity index (χ0v) is 10.2. The quantitative estimate of drug-likeness (QED) is 0.819. The van der Waals surface area contributed by atoms with Crippen LogP contribution in [0.4, 0.5) is 0 Å². The van der Waals surface area contributed by atoms with Crippen LogP contribution in [0.3, 0.4) is 0 Å². The summed E-state index contributed by atoms with van der Waals surface area (Å²) >= 11 is 1.75. The predicted molar refractivity (Wildman–Crippen MR) is 63.1 cm³/mol. The molecule has 1 fully saturated rings. The van der Waals surface area contributed by atoms with Crippen molar-refractivity contribution in [3.63, 3.8) is 0 Å². The number of aromatic nitrogens is 1. The molecule has 1 aliphatic heterocycles. The third-order valence-corrected chi connectivity index (χ3v) is 5.20. The van der Waals surface area contributed by atoms with Crippen LogP contribution in [0.2, 0.25) is 0 Å². The topological polar surface area (TPSA) is 70.2 Å². The summed E-state index contributed by atoms with van der Waals surface area (Å²) in [5.41, 5.74) is -0.298. The van der Waals surface area contributed by atoms with E-state index in [0.717, 1.165) is 11.5 Å². The molecule has 0 bridgehead atoms. The monoisotopic (exact) mass is 260 g/mol. The zero-order valence-electron chi connectivity index (χ0n) is 8.55. The molecule has 1 saturated heterocycles. The van der Waals surface area contributed by atoms with Gasteiger partial charge in [0.25, 0.3) is 0 Å². The smallest absolute Gasteiger partial charge is 0.247 e. The number of hydrogen-bond acceptors (Lipinski definition) is 4. The number of thioether (sulfide) groups is 1. The second-order valence-electron chi connectivity index (χ2n) is 3.41. The first-order valence-corrected chi connectivity index (χ1v) is 7.47. The summed E-state index contributed by atoms with van der Waals surface area (Å²) in [5, 5.41) is 0. The Kier molecular flexibility index (Phi) is 3.36. The number of aromatic amines is 1. The molecule has 0 amide bonds. The molecule has 0 radical (unpaired) electrons. The number of rotatable bonds is 2. The molecule has 2 heterocycles. The zero-order chi connectivity index (χ0) is 11.6. The minimum absolute atomic E-state index is 0.152. The second-order valence-corrected chi connectivity index (χ2v) is 6.57. The molecule has 88 valence electrons. The average molecular weight is 260 g/mol. The predicted octanol–water partition coefficient (Wildman–Crippen LogP) is 0.112. The molecular formula is C9H12N2O3S2. The van der Waals surface area contributed by atoms with E-state index in [1.54, 1.807) is 11.8 Å². The maximum absolute atomic E-state index is 12.1. The van der Waals surface area contributed by atoms with Crippen molar-refractivity contribution in [1.29, 1.82) is 0 Å². The molecule has 0 spiro atoms. The average Bonchev–Trinajstić information content (AvgIpc) is 2.31. The maximum atomic E-state index is 12.1. The van der Waals surface area contributed by atoms with Gasteiger partial charge in [0.15, 0.2) is 0 Å². The van der Waals surface area contributed by atoms with E-state index in [2.05, 4.69) is 4.98 Å². The van der Waals surface area contributed by atoms with Crippen LogP contribution in [-0.4, -0.2) is 42.3 Å². The molecule has 0 unspecified atom stereocenters. The molecule has 0 saturated carbocycles. The lowest BCUT2D eigenvalue weighted by Gasteiger charge is -2.25. The Morgan fingerprint density at radius 2 is 1.94 bits per heavy atom. The Bertz CT molecular complexity index is 497. The number of H-pyrrole nitrogens is 1. The fourth-order valence-electron chi connectivity index (χ4n) is 1.49. The van der Waals surface area contributed by atoms with E-state index in [-0.39, 0.29) is 10.5 Å². The highest BCUT2D eigenvalue weighted by Gasteiger charge is 2.25. The molecule has 1 aromatic heterocycles. The van der Waals surface area contributed by atoms with Gasteiger partial charge in [-0.1, -0.05) is 0 Å². The lowest BCUT2D eigenvalue weighted by molar-refractivity contribution is 0.443. The van der Waals surface area contributed by atoms with E-state index in [0.29, 0.717) is 13.1 Å². The van der Waals surface area contributed by atoms with Crippen LogP contribution in [0.1, 0.15) is 0 Å². The van der Waals surface area contributed by atoms with E-state index < -0.39 is 10.0 Å². The number of sulfonamides is 1. The van der Waals surface area contributed by atoms with Crippen molar-refractivity contribution < 1.29 is 8.42 Å². The lowest BCUT2D eigenvalue weighted by Crippen LogP contribution is -2.38. The second kappa shape index (κ2) is 4.60. The molecule has 0 aromatic carbocycles. The van der Waals surface area contributed by atoms with Crippen molar-refractivity contribution in [2.45, 2.75) is 4.90 Å². The van der Waals surface area contributed by atoms with E-state index in [4.69, 9.17) is 0 Å². The highest BCUT2D eigenvalue weighted by Crippen LogP contribution is 2.18. The Hall–Kier alpha value is -0.790. The van der Waals surface area contributed by atoms with Crippen LogP contribution < -0.4 is 5.56 Å². The van der Waals surface area contributed by atoms with Gasteiger partial charge in [-0.3, -0.25) is 4.79 Å². The van der Waals surface area contributed by atoms with Crippen molar-refractivity contribution in [3.05, 3.63) is 28.7 Å². The maximum Gasteiger partial charge on any atom is 0.247 e. The van der Waals surface area contributed by atoms with E-state index >= 15 is 0 Å². The SMILES string of the molecule is O=c1ccc(S(=O)(=O)N2CCSCC2)c[nH]1. The molecule has 1 aromatic rings. The van der Waals surface area contributed by atoms with Gasteiger partial charge in [0.05, 0.1) is 4.90 Å². The van der Waals surface area contributed by atoms with Crippen LogP contribution in [0.5, 0.6) is 0 Å². The van der Waals surface area contributed by atoms with Crippen LogP contribution in [-0.2, 0) is 10.0 Å². The van der Waals surface area contributed by atoms with Gasteiger partial charge >= 0.3 is 0 Å². The number of pyridine rings is 1. The van der Waals surface area contributed by atoms with Gasteiger partial charge in [-0.25, -0.2) is 8.42 Å². The van der Waals surface area contributed by atoms with Crippen molar-refractivity contribution in [1.82, 2.24) is 9.29 Å². The third kappa shape index (κ3) is 2.31. The number of nitrogens with zero attached hydrogens (tertiary/aromatic N) is 1. The van der Waals surface area contributed by atoms with Crippen LogP contribution >= 0.6 is 11.8 Å². The number of hydrogen-bond donors (Lipinski definition) is 1. The third-order valence-electron chi connectivity index (χ3n) is 2.36. The van der Waals surface area contributed by atoms with Crippen molar-refractivity contribution in [2.75, 3.05) is 24.6 Å². The minimum Gasteiger partial charge on any atom is -0.328 e. The lowest BCUT2D eigenvalue weighted by atomic mass is 10.5. The van der Waals surface area contributed by atoms with Gasteiger partial charge in [0.1, 0.15) is 0 Å². The summed E-state index contributed by atoms with van der Waals surface area (Å²) in [6.45, 7) is 1.07. The summed E-state index contributed by atoms with van der Waals surface area (Å²) in [5.74, 6) is 1.64. The fourth-order valence-corrected chi connectivity index (χ4v) is 4.04. The summed E-state index contributed by atoms with van der Waals surface area (Å²) in [6, 6.07) is 2.57. The molecule has 2 rings (SSSR count). The first kappa shape index (κ1) is 11.7. The van der Waals surface area contributed by atoms with Gasteiger partial charge in [-0.15, -0.1) is 0 Å². The normalized spacial score (nSPS) is 18.5. The largest absolute Gasteiger partial charge is 0.328 e. The first-order valence-electron chi connectivity index (χ1n) is 4.87. The Balaban J connectivity index is 2.30. The highest BCUT2D eigenvalue weighted by molar-refractivity contribution is 7.99. The number of nitrogens with one attached hydrogen (secondary N) is 1. The van der Waals surface area contributed by atoms with E-state index in [1.165, 1.54) is 22.6 Å². The van der Waals surface area contributed by atoms with Crippen LogP contribution in [0.25, 0.3) is 0 Å². The Labute approximate surface area is 97.9 Å². The Morgan fingerprint density at radius 3 is 2.50 bits per heavy atom. The molecule has 0 aliphatic carbocycles. The molecular weight excluding hydrogens is 248 g/mol. The molecule has 16 heavy (non-hydrogen) atoms. The summed E-state index contributed by atoms with van der Waals surface area (Å²) in [4.78, 5) is 13.4. The summed E-state index contributed by atoms with van der Waals surface area (Å²) in [6.07, 6.45) is 1.25. The fraction of sp³-hybridized carbons (Fsp3) is 0.444. The van der Waals surface area contributed by atoms with Crippen molar-refractivity contribution in [3.8, 4) is 0 Å². The standard InChI is InChI=1S/C9H12N2O3S2/c12-9-2-1-8(7-10-9)16(13,14)11-3-5-15-6-4-11/h1-2,7H,3-6H2,(H,10,12). The van der Waals surface area contributed by atoms with Crippen LogP contribution in [0, 0.1) is 0 Å². The van der Waals surface area contributed by atoms with Crippen molar-refractivity contribution in [2.24, 2.45) is 0 Å². The first-order chi connectivity index (χ1) is 7.60. The van der Waals surface area contributed by atoms with Gasteiger partial charge in [-0.2, -0.15) is 16.1 Å². The highest BCUT2D eigenvalue weighted by atomic mass is 32.2. The Morgan fingerprint density at radius 1 is 1.25 bits per heavy atom. The molecule has 0 atom stereocenters. The van der Waals surface area contributed by atoms with Gasteiger partial charge in [-0.05, 0) is 6.07 Å². The van der Waals surface area contributed by atoms with Crippen molar-refractivity contribution >= 4 is 21.8 Å².